The van der Waals surface area contributed by atoms with Crippen molar-refractivity contribution in [2.75, 3.05) is 12.4 Å². The molecule has 4 nitrogen and oxygen atoms in total. The van der Waals surface area contributed by atoms with Crippen molar-refractivity contribution in [3.8, 4) is 5.75 Å². The summed E-state index contributed by atoms with van der Waals surface area (Å²) >= 11 is 0. The molecule has 0 aliphatic carbocycles. The summed E-state index contributed by atoms with van der Waals surface area (Å²) in [6.45, 7) is 4.56. The van der Waals surface area contributed by atoms with Gasteiger partial charge in [-0.25, -0.2) is 0 Å². The Morgan fingerprint density at radius 1 is 1.13 bits per heavy atom. The third kappa shape index (κ3) is 3.21. The number of aryl methyl sites for hydroxylation is 2. The second kappa shape index (κ2) is 6.16. The van der Waals surface area contributed by atoms with Crippen LogP contribution in [0.15, 0.2) is 47.3 Å². The zero-order chi connectivity index (χ0) is 16.4. The van der Waals surface area contributed by atoms with Gasteiger partial charge in [-0.3, -0.25) is 4.79 Å². The molecule has 23 heavy (non-hydrogen) atoms. The molecule has 0 saturated carbocycles. The van der Waals surface area contributed by atoms with Gasteiger partial charge in [-0.05, 0) is 49.2 Å². The zero-order valence-electron chi connectivity index (χ0n) is 13.6. The molecule has 0 atom stereocenters. The predicted octanol–water partition coefficient (Wildman–Crippen LogP) is 3.77. The van der Waals surface area contributed by atoms with Crippen molar-refractivity contribution in [3.05, 3.63) is 69.5 Å². The summed E-state index contributed by atoms with van der Waals surface area (Å²) in [6.07, 6.45) is 0. The van der Waals surface area contributed by atoms with Gasteiger partial charge in [-0.1, -0.05) is 12.1 Å². The van der Waals surface area contributed by atoms with Gasteiger partial charge in [0, 0.05) is 34.8 Å². The molecule has 2 aromatic carbocycles. The van der Waals surface area contributed by atoms with Gasteiger partial charge in [0.2, 0.25) is 0 Å². The first kappa shape index (κ1) is 15.2. The molecule has 3 aromatic rings. The number of H-pyrrole nitrogens is 1. The number of ether oxygens (including phenoxy) is 1. The average molecular weight is 308 g/mol. The summed E-state index contributed by atoms with van der Waals surface area (Å²) in [4.78, 5) is 15.3. The van der Waals surface area contributed by atoms with Gasteiger partial charge < -0.3 is 15.0 Å². The first-order valence-electron chi connectivity index (χ1n) is 7.58. The summed E-state index contributed by atoms with van der Waals surface area (Å²) in [6, 6.07) is 13.8. The van der Waals surface area contributed by atoms with Crippen LogP contribution in [0, 0.1) is 13.8 Å². The van der Waals surface area contributed by atoms with E-state index in [4.69, 9.17) is 4.74 Å². The Hall–Kier alpha value is -2.75. The minimum Gasteiger partial charge on any atom is -0.497 e. The molecule has 0 aliphatic heterocycles. The average Bonchev–Trinajstić information content (AvgIpc) is 2.53. The fourth-order valence-electron chi connectivity index (χ4n) is 2.78. The van der Waals surface area contributed by atoms with Crippen LogP contribution in [0.25, 0.3) is 10.9 Å². The Bertz CT molecular complexity index is 913. The second-order valence-electron chi connectivity index (χ2n) is 5.75. The molecule has 118 valence electrons. The van der Waals surface area contributed by atoms with Crippen LogP contribution in [-0.4, -0.2) is 12.1 Å². The molecular formula is C19H20N2O2. The van der Waals surface area contributed by atoms with E-state index in [0.717, 1.165) is 27.9 Å². The summed E-state index contributed by atoms with van der Waals surface area (Å²) in [5, 5.41) is 4.35. The summed E-state index contributed by atoms with van der Waals surface area (Å²) < 4.78 is 5.21. The number of aromatic amines is 1. The van der Waals surface area contributed by atoms with Crippen LogP contribution < -0.4 is 15.6 Å². The Labute approximate surface area is 135 Å². The maximum absolute atomic E-state index is 12.3. The van der Waals surface area contributed by atoms with Crippen LogP contribution >= 0.6 is 0 Å². The molecule has 3 rings (SSSR count). The SMILES string of the molecule is COc1cccc(NCc2cc3c(C)cc(C)cc3[nH]c2=O)c1. The standard InChI is InChI=1S/C19H20N2O2/c1-12-7-13(2)17-9-14(19(22)21-18(17)8-12)11-20-15-5-4-6-16(10-15)23-3/h4-10,20H,11H2,1-3H3,(H,21,22). The molecule has 0 amide bonds. The molecule has 0 bridgehead atoms. The Morgan fingerprint density at radius 2 is 1.96 bits per heavy atom. The minimum atomic E-state index is -0.0575. The highest BCUT2D eigenvalue weighted by molar-refractivity contribution is 5.83. The maximum atomic E-state index is 12.3. The van der Waals surface area contributed by atoms with E-state index in [2.05, 4.69) is 23.3 Å². The van der Waals surface area contributed by atoms with Crippen molar-refractivity contribution >= 4 is 16.6 Å². The van der Waals surface area contributed by atoms with E-state index < -0.39 is 0 Å². The maximum Gasteiger partial charge on any atom is 0.253 e. The van der Waals surface area contributed by atoms with Crippen molar-refractivity contribution in [2.24, 2.45) is 0 Å². The number of benzene rings is 2. The lowest BCUT2D eigenvalue weighted by atomic mass is 10.0. The quantitative estimate of drug-likeness (QED) is 0.771. The number of pyridine rings is 1. The molecule has 0 radical (unpaired) electrons. The van der Waals surface area contributed by atoms with Crippen molar-refractivity contribution in [2.45, 2.75) is 20.4 Å². The van der Waals surface area contributed by atoms with Crippen LogP contribution in [0.3, 0.4) is 0 Å². The molecule has 0 unspecified atom stereocenters. The van der Waals surface area contributed by atoms with Crippen LogP contribution in [0.1, 0.15) is 16.7 Å². The fraction of sp³-hybridized carbons (Fsp3) is 0.211. The van der Waals surface area contributed by atoms with E-state index in [-0.39, 0.29) is 5.56 Å². The summed E-state index contributed by atoms with van der Waals surface area (Å²) in [7, 11) is 1.64. The van der Waals surface area contributed by atoms with Crippen LogP contribution in [0.5, 0.6) is 5.75 Å². The monoisotopic (exact) mass is 308 g/mol. The first-order valence-corrected chi connectivity index (χ1v) is 7.58. The topological polar surface area (TPSA) is 54.1 Å². The van der Waals surface area contributed by atoms with Gasteiger partial charge in [0.05, 0.1) is 7.11 Å². The molecule has 1 heterocycles. The largest absolute Gasteiger partial charge is 0.497 e. The van der Waals surface area contributed by atoms with Crippen molar-refractivity contribution in [1.29, 1.82) is 0 Å². The number of methoxy groups -OCH3 is 1. The van der Waals surface area contributed by atoms with Crippen molar-refractivity contribution in [1.82, 2.24) is 4.98 Å². The van der Waals surface area contributed by atoms with Gasteiger partial charge in [0.15, 0.2) is 0 Å². The number of anilines is 1. The van der Waals surface area contributed by atoms with E-state index in [1.165, 1.54) is 5.56 Å². The molecule has 0 fully saturated rings. The number of aromatic nitrogens is 1. The number of fused-ring (bicyclic) bond motifs is 1. The van der Waals surface area contributed by atoms with Crippen LogP contribution in [-0.2, 0) is 6.54 Å². The Kier molecular flexibility index (Phi) is 4.06. The lowest BCUT2D eigenvalue weighted by Crippen LogP contribution is -2.16. The normalized spacial score (nSPS) is 10.7. The molecule has 2 N–H and O–H groups in total. The molecule has 1 aromatic heterocycles. The zero-order valence-corrected chi connectivity index (χ0v) is 13.6. The number of rotatable bonds is 4. The van der Waals surface area contributed by atoms with Crippen LogP contribution in [0.2, 0.25) is 0 Å². The number of hydrogen-bond donors (Lipinski definition) is 2. The highest BCUT2D eigenvalue weighted by Crippen LogP contribution is 2.20. The molecule has 0 aliphatic rings. The highest BCUT2D eigenvalue weighted by Gasteiger charge is 2.06. The highest BCUT2D eigenvalue weighted by atomic mass is 16.5. The summed E-state index contributed by atoms with van der Waals surface area (Å²) in [5.41, 5.74) is 4.78. The van der Waals surface area contributed by atoms with Gasteiger partial charge in [-0.15, -0.1) is 0 Å². The molecule has 0 saturated heterocycles. The lowest BCUT2D eigenvalue weighted by molar-refractivity contribution is 0.415. The second-order valence-corrected chi connectivity index (χ2v) is 5.75. The number of nitrogens with one attached hydrogen (secondary N) is 2. The van der Waals surface area contributed by atoms with E-state index in [9.17, 15) is 4.79 Å². The van der Waals surface area contributed by atoms with Gasteiger partial charge in [0.25, 0.3) is 5.56 Å². The van der Waals surface area contributed by atoms with E-state index in [0.29, 0.717) is 12.1 Å². The third-order valence-electron chi connectivity index (χ3n) is 3.94. The van der Waals surface area contributed by atoms with E-state index in [1.54, 1.807) is 7.11 Å². The molecule has 4 heteroatoms. The van der Waals surface area contributed by atoms with Crippen molar-refractivity contribution < 1.29 is 4.74 Å². The smallest absolute Gasteiger partial charge is 0.253 e. The van der Waals surface area contributed by atoms with Gasteiger partial charge in [-0.2, -0.15) is 0 Å². The lowest BCUT2D eigenvalue weighted by Gasteiger charge is -2.10. The van der Waals surface area contributed by atoms with Crippen LogP contribution in [0.4, 0.5) is 5.69 Å². The predicted molar refractivity (Wildman–Crippen MR) is 94.4 cm³/mol. The van der Waals surface area contributed by atoms with Gasteiger partial charge >= 0.3 is 0 Å². The Balaban J connectivity index is 1.90. The van der Waals surface area contributed by atoms with E-state index in [1.807, 2.05) is 43.3 Å². The third-order valence-corrected chi connectivity index (χ3v) is 3.94. The fourth-order valence-corrected chi connectivity index (χ4v) is 2.78. The van der Waals surface area contributed by atoms with Crippen molar-refractivity contribution in [3.63, 3.8) is 0 Å². The molecule has 0 spiro atoms. The van der Waals surface area contributed by atoms with Gasteiger partial charge in [0.1, 0.15) is 5.75 Å². The minimum absolute atomic E-state index is 0.0575. The Morgan fingerprint density at radius 3 is 2.74 bits per heavy atom. The molecular weight excluding hydrogens is 288 g/mol. The summed E-state index contributed by atoms with van der Waals surface area (Å²) in [5.74, 6) is 0.786. The number of hydrogen-bond acceptors (Lipinski definition) is 3. The first-order chi connectivity index (χ1) is 11.1. The van der Waals surface area contributed by atoms with E-state index >= 15 is 0 Å².